The lowest BCUT2D eigenvalue weighted by atomic mass is 9.66. The van der Waals surface area contributed by atoms with Crippen molar-refractivity contribution in [1.29, 1.82) is 0 Å². The van der Waals surface area contributed by atoms with E-state index in [1.54, 1.807) is 7.11 Å². The molecule has 6 nitrogen and oxygen atoms in total. The first-order valence-electron chi connectivity index (χ1n) is 6.24. The molecule has 0 aromatic heterocycles. The lowest BCUT2D eigenvalue weighted by Gasteiger charge is -2.40. The monoisotopic (exact) mass is 258 g/mol. The molecule has 1 saturated carbocycles. The Morgan fingerprint density at radius 2 is 2.06 bits per heavy atom. The minimum absolute atomic E-state index is 0.0348. The quantitative estimate of drug-likeness (QED) is 0.635. The van der Waals surface area contributed by atoms with Gasteiger partial charge in [0, 0.05) is 20.2 Å². The van der Waals surface area contributed by atoms with Gasteiger partial charge in [-0.1, -0.05) is 6.42 Å². The second kappa shape index (κ2) is 6.58. The molecule has 0 heterocycles. The number of methoxy groups -OCH3 is 1. The number of hydrogen-bond donors (Lipinski definition) is 3. The van der Waals surface area contributed by atoms with Gasteiger partial charge >= 0.3 is 12.0 Å². The summed E-state index contributed by atoms with van der Waals surface area (Å²) in [5.41, 5.74) is -0.240. The summed E-state index contributed by atoms with van der Waals surface area (Å²) >= 11 is 0. The Balaban J connectivity index is 2.26. The third-order valence-electron chi connectivity index (χ3n) is 3.52. The van der Waals surface area contributed by atoms with Crippen LogP contribution in [0.2, 0.25) is 0 Å². The molecule has 1 unspecified atom stereocenters. The van der Waals surface area contributed by atoms with Gasteiger partial charge < -0.3 is 20.5 Å². The van der Waals surface area contributed by atoms with Crippen molar-refractivity contribution in [1.82, 2.24) is 10.6 Å². The Kier molecular flexibility index (Phi) is 5.40. The first-order valence-corrected chi connectivity index (χ1v) is 6.24. The minimum Gasteiger partial charge on any atom is -0.481 e. The molecule has 0 radical (unpaired) electrons. The number of carbonyl (C=O) groups is 2. The van der Waals surface area contributed by atoms with Crippen molar-refractivity contribution in [2.75, 3.05) is 20.2 Å². The fraction of sp³-hybridized carbons (Fsp3) is 0.833. The lowest BCUT2D eigenvalue weighted by molar-refractivity contribution is -0.141. The molecule has 0 spiro atoms. The van der Waals surface area contributed by atoms with E-state index in [1.165, 1.54) is 0 Å². The fourth-order valence-electron chi connectivity index (χ4n) is 2.06. The van der Waals surface area contributed by atoms with Crippen molar-refractivity contribution in [3.8, 4) is 0 Å². The van der Waals surface area contributed by atoms with Crippen molar-refractivity contribution in [2.45, 2.75) is 38.7 Å². The van der Waals surface area contributed by atoms with Gasteiger partial charge in [-0.15, -0.1) is 0 Å². The largest absolute Gasteiger partial charge is 0.481 e. The van der Waals surface area contributed by atoms with Crippen LogP contribution in [0.4, 0.5) is 4.79 Å². The van der Waals surface area contributed by atoms with Gasteiger partial charge in [-0.2, -0.15) is 0 Å². The average Bonchev–Trinajstić information content (AvgIpc) is 2.28. The molecule has 6 heteroatoms. The van der Waals surface area contributed by atoms with Crippen LogP contribution >= 0.6 is 0 Å². The van der Waals surface area contributed by atoms with Crippen molar-refractivity contribution in [2.24, 2.45) is 5.41 Å². The van der Waals surface area contributed by atoms with Crippen molar-refractivity contribution in [3.05, 3.63) is 0 Å². The van der Waals surface area contributed by atoms with E-state index in [0.717, 1.165) is 19.3 Å². The van der Waals surface area contributed by atoms with Crippen molar-refractivity contribution >= 4 is 12.0 Å². The summed E-state index contributed by atoms with van der Waals surface area (Å²) < 4.78 is 5.01. The summed E-state index contributed by atoms with van der Waals surface area (Å²) in [5.74, 6) is -0.801. The van der Waals surface area contributed by atoms with Gasteiger partial charge in [0.05, 0.1) is 12.5 Å². The van der Waals surface area contributed by atoms with Gasteiger partial charge in [0.1, 0.15) is 0 Å². The highest BCUT2D eigenvalue weighted by atomic mass is 16.5. The second-order valence-electron chi connectivity index (χ2n) is 5.03. The van der Waals surface area contributed by atoms with Gasteiger partial charge in [-0.25, -0.2) is 4.79 Å². The Hall–Kier alpha value is -1.30. The third kappa shape index (κ3) is 4.52. The molecule has 18 heavy (non-hydrogen) atoms. The van der Waals surface area contributed by atoms with Gasteiger partial charge in [0.15, 0.2) is 0 Å². The molecule has 0 aliphatic heterocycles. The normalized spacial score (nSPS) is 18.6. The number of urea groups is 1. The summed E-state index contributed by atoms with van der Waals surface area (Å²) in [7, 11) is 1.58. The predicted molar refractivity (Wildman–Crippen MR) is 66.4 cm³/mol. The highest BCUT2D eigenvalue weighted by Crippen LogP contribution is 2.43. The molecule has 104 valence electrons. The van der Waals surface area contributed by atoms with E-state index in [4.69, 9.17) is 9.84 Å². The first kappa shape index (κ1) is 14.8. The minimum atomic E-state index is -0.801. The molecular formula is C12H22N2O4. The molecule has 1 fully saturated rings. The van der Waals surface area contributed by atoms with Gasteiger partial charge in [-0.3, -0.25) is 4.79 Å². The van der Waals surface area contributed by atoms with Gasteiger partial charge in [-0.05, 0) is 25.2 Å². The number of hydrogen-bond acceptors (Lipinski definition) is 3. The Morgan fingerprint density at radius 1 is 1.39 bits per heavy atom. The Morgan fingerprint density at radius 3 is 2.50 bits per heavy atom. The summed E-state index contributed by atoms with van der Waals surface area (Å²) in [6, 6.07) is -0.268. The Labute approximate surface area is 107 Å². The molecule has 1 rings (SSSR count). The molecule has 1 atom stereocenters. The predicted octanol–water partition coefficient (Wildman–Crippen LogP) is 0.965. The van der Waals surface area contributed by atoms with Crippen molar-refractivity contribution in [3.63, 3.8) is 0 Å². The van der Waals surface area contributed by atoms with Gasteiger partial charge in [0.2, 0.25) is 0 Å². The first-order chi connectivity index (χ1) is 8.47. The van der Waals surface area contributed by atoms with E-state index in [0.29, 0.717) is 13.1 Å². The number of carboxylic acid groups (broad SMARTS) is 1. The summed E-state index contributed by atoms with van der Waals surface area (Å²) in [6.45, 7) is 2.72. The van der Waals surface area contributed by atoms with Crippen LogP contribution in [0.25, 0.3) is 0 Å². The van der Waals surface area contributed by atoms with E-state index in [2.05, 4.69) is 10.6 Å². The van der Waals surface area contributed by atoms with Gasteiger partial charge in [0.25, 0.3) is 0 Å². The summed E-state index contributed by atoms with van der Waals surface area (Å²) in [5, 5.41) is 14.3. The van der Waals surface area contributed by atoms with Crippen LogP contribution in [0.3, 0.4) is 0 Å². The smallest absolute Gasteiger partial charge is 0.314 e. The number of carbonyl (C=O) groups excluding carboxylic acids is 1. The highest BCUT2D eigenvalue weighted by molar-refractivity contribution is 5.74. The van der Waals surface area contributed by atoms with Crippen LogP contribution < -0.4 is 10.6 Å². The molecule has 0 aromatic carbocycles. The third-order valence-corrected chi connectivity index (χ3v) is 3.52. The lowest BCUT2D eigenvalue weighted by Crippen LogP contribution is -2.47. The van der Waals surface area contributed by atoms with E-state index < -0.39 is 5.97 Å². The molecule has 1 aliphatic carbocycles. The summed E-state index contributed by atoms with van der Waals surface area (Å²) in [4.78, 5) is 22.3. The molecular weight excluding hydrogens is 236 g/mol. The van der Waals surface area contributed by atoms with Crippen LogP contribution in [0.5, 0.6) is 0 Å². The molecule has 0 aromatic rings. The number of aliphatic carboxylic acids is 1. The fourth-order valence-corrected chi connectivity index (χ4v) is 2.06. The molecule has 3 N–H and O–H groups in total. The summed E-state index contributed by atoms with van der Waals surface area (Å²) in [6.07, 6.45) is 2.87. The molecule has 0 bridgehead atoms. The number of amides is 2. The molecule has 2 amide bonds. The van der Waals surface area contributed by atoms with Crippen molar-refractivity contribution < 1.29 is 19.4 Å². The van der Waals surface area contributed by atoms with Crippen LogP contribution in [-0.2, 0) is 9.53 Å². The number of rotatable bonds is 7. The maximum absolute atomic E-state index is 11.5. The average molecular weight is 258 g/mol. The maximum atomic E-state index is 11.5. The zero-order valence-corrected chi connectivity index (χ0v) is 11.0. The zero-order valence-electron chi connectivity index (χ0n) is 11.0. The van der Waals surface area contributed by atoms with E-state index >= 15 is 0 Å². The van der Waals surface area contributed by atoms with E-state index in [1.807, 2.05) is 6.92 Å². The number of nitrogens with one attached hydrogen (secondary N) is 2. The topological polar surface area (TPSA) is 87.7 Å². The van der Waals surface area contributed by atoms with E-state index in [9.17, 15) is 9.59 Å². The number of carboxylic acids is 1. The maximum Gasteiger partial charge on any atom is 0.314 e. The Bertz CT molecular complexity index is 302. The van der Waals surface area contributed by atoms with Crippen LogP contribution in [0.15, 0.2) is 0 Å². The highest BCUT2D eigenvalue weighted by Gasteiger charge is 2.39. The zero-order chi connectivity index (χ0) is 13.6. The van der Waals surface area contributed by atoms with Crippen LogP contribution in [-0.4, -0.2) is 43.4 Å². The molecule has 0 saturated heterocycles. The molecule has 1 aliphatic rings. The SMILES string of the molecule is COC(C)CNC(=O)NCC1(CC(=O)O)CCC1. The van der Waals surface area contributed by atoms with Crippen LogP contribution in [0, 0.1) is 5.41 Å². The number of ether oxygens (including phenoxy) is 1. The second-order valence-corrected chi connectivity index (χ2v) is 5.03. The van der Waals surface area contributed by atoms with Crippen LogP contribution in [0.1, 0.15) is 32.6 Å². The standard InChI is InChI=1S/C12H22N2O4/c1-9(18-2)7-13-11(17)14-8-12(4-3-5-12)6-10(15)16/h9H,3-8H2,1-2H3,(H,15,16)(H2,13,14,17). The van der Waals surface area contributed by atoms with E-state index in [-0.39, 0.29) is 24.0 Å².